The molecule has 0 N–H and O–H groups in total. The van der Waals surface area contributed by atoms with Crippen LogP contribution in [0.5, 0.6) is 0 Å². The first-order chi connectivity index (χ1) is 5.68. The fraction of sp³-hybridized carbons (Fsp3) is 0.900. The Bertz CT molecular complexity index is 200. The first-order valence-electron chi connectivity index (χ1n) is 4.84. The highest BCUT2D eigenvalue weighted by Gasteiger charge is 2.43. The summed E-state index contributed by atoms with van der Waals surface area (Å²) < 4.78 is 5.70. The quantitative estimate of drug-likeness (QED) is 0.628. The van der Waals surface area contributed by atoms with Gasteiger partial charge in [0.2, 0.25) is 0 Å². The van der Waals surface area contributed by atoms with Crippen molar-refractivity contribution in [3.05, 3.63) is 0 Å². The third kappa shape index (κ3) is 1.18. The number of ketones is 1. The summed E-state index contributed by atoms with van der Waals surface area (Å²) in [6.45, 7) is 3.73. The maximum absolute atomic E-state index is 11.2. The second kappa shape index (κ2) is 2.84. The Hall–Kier alpha value is -0.370. The highest BCUT2D eigenvalue weighted by Crippen LogP contribution is 2.42. The van der Waals surface area contributed by atoms with E-state index in [1.165, 1.54) is 12.8 Å². The third-order valence-corrected chi connectivity index (χ3v) is 3.44. The monoisotopic (exact) mass is 168 g/mol. The van der Waals surface area contributed by atoms with Crippen LogP contribution in [0.15, 0.2) is 0 Å². The lowest BCUT2D eigenvalue weighted by Gasteiger charge is -2.22. The average Bonchev–Trinajstić information content (AvgIpc) is 2.62. The van der Waals surface area contributed by atoms with E-state index in [0.29, 0.717) is 23.9 Å². The molecule has 2 saturated heterocycles. The normalized spacial score (nSPS) is 41.7. The number of carbonyl (C=O) groups is 1. The third-order valence-electron chi connectivity index (χ3n) is 3.44. The Kier molecular flexibility index (Phi) is 1.95. The van der Waals surface area contributed by atoms with Gasteiger partial charge < -0.3 is 4.74 Å². The van der Waals surface area contributed by atoms with Crippen LogP contribution in [0.4, 0.5) is 0 Å². The van der Waals surface area contributed by atoms with E-state index in [4.69, 9.17) is 4.74 Å². The van der Waals surface area contributed by atoms with Crippen LogP contribution in [0.25, 0.3) is 0 Å². The predicted molar refractivity (Wildman–Crippen MR) is 45.8 cm³/mol. The van der Waals surface area contributed by atoms with Gasteiger partial charge in [0.25, 0.3) is 0 Å². The number of carbonyl (C=O) groups excluding carboxylic acids is 1. The van der Waals surface area contributed by atoms with Crippen LogP contribution in [0.2, 0.25) is 0 Å². The van der Waals surface area contributed by atoms with Gasteiger partial charge in [0.15, 0.2) is 0 Å². The average molecular weight is 168 g/mol. The molecule has 2 rings (SSSR count). The Labute approximate surface area is 73.3 Å². The molecule has 12 heavy (non-hydrogen) atoms. The molecular formula is C10H16O2. The van der Waals surface area contributed by atoms with E-state index in [1.54, 1.807) is 6.92 Å². The van der Waals surface area contributed by atoms with Gasteiger partial charge in [-0.1, -0.05) is 6.92 Å². The van der Waals surface area contributed by atoms with Crippen molar-refractivity contribution in [2.24, 2.45) is 11.8 Å². The summed E-state index contributed by atoms with van der Waals surface area (Å²) in [5.41, 5.74) is 0. The largest absolute Gasteiger partial charge is 0.375 e. The molecular weight excluding hydrogens is 152 g/mol. The zero-order valence-electron chi connectivity index (χ0n) is 7.75. The first-order valence-corrected chi connectivity index (χ1v) is 4.84. The summed E-state index contributed by atoms with van der Waals surface area (Å²) in [7, 11) is 0. The van der Waals surface area contributed by atoms with Gasteiger partial charge in [-0.05, 0) is 32.1 Å². The van der Waals surface area contributed by atoms with Gasteiger partial charge in [0, 0.05) is 5.92 Å². The minimum absolute atomic E-state index is 0.209. The summed E-state index contributed by atoms with van der Waals surface area (Å²) in [5, 5.41) is 0. The molecule has 2 heterocycles. The molecule has 0 aromatic rings. The second-order valence-corrected chi connectivity index (χ2v) is 4.17. The number of hydrogen-bond donors (Lipinski definition) is 0. The highest BCUT2D eigenvalue weighted by molar-refractivity contribution is 5.78. The van der Waals surface area contributed by atoms with Gasteiger partial charge in [-0.3, -0.25) is 4.79 Å². The van der Waals surface area contributed by atoms with Gasteiger partial charge in [-0.2, -0.15) is 0 Å². The van der Waals surface area contributed by atoms with Crippen LogP contribution in [0.3, 0.4) is 0 Å². The molecule has 4 atom stereocenters. The van der Waals surface area contributed by atoms with E-state index in [0.717, 1.165) is 6.42 Å². The Morgan fingerprint density at radius 1 is 1.50 bits per heavy atom. The fourth-order valence-corrected chi connectivity index (χ4v) is 2.50. The van der Waals surface area contributed by atoms with Crippen LogP contribution in [-0.4, -0.2) is 18.0 Å². The summed E-state index contributed by atoms with van der Waals surface area (Å²) in [5.74, 6) is 1.04. The van der Waals surface area contributed by atoms with E-state index >= 15 is 0 Å². The fourth-order valence-electron chi connectivity index (χ4n) is 2.50. The smallest absolute Gasteiger partial charge is 0.133 e. The van der Waals surface area contributed by atoms with Crippen LogP contribution in [0, 0.1) is 11.8 Å². The number of hydrogen-bond acceptors (Lipinski definition) is 2. The van der Waals surface area contributed by atoms with Gasteiger partial charge in [-0.25, -0.2) is 0 Å². The summed E-state index contributed by atoms with van der Waals surface area (Å²) in [4.78, 5) is 11.2. The number of fused-ring (bicyclic) bond motifs is 2. The Morgan fingerprint density at radius 2 is 2.25 bits per heavy atom. The molecule has 4 unspecified atom stereocenters. The molecule has 0 aliphatic carbocycles. The molecule has 0 amide bonds. The van der Waals surface area contributed by atoms with Gasteiger partial charge in [0.1, 0.15) is 5.78 Å². The standard InChI is InChI=1S/C10H16O2/c1-6(7(2)11)9-5-8-3-4-10(9)12-8/h6,8-10H,3-5H2,1-2H3. The maximum Gasteiger partial charge on any atom is 0.133 e. The van der Waals surface area contributed by atoms with E-state index < -0.39 is 0 Å². The van der Waals surface area contributed by atoms with E-state index in [1.807, 2.05) is 6.92 Å². The van der Waals surface area contributed by atoms with E-state index in [2.05, 4.69) is 0 Å². The van der Waals surface area contributed by atoms with E-state index in [-0.39, 0.29) is 5.92 Å². The second-order valence-electron chi connectivity index (χ2n) is 4.17. The molecule has 2 fully saturated rings. The van der Waals surface area contributed by atoms with Crippen molar-refractivity contribution in [1.29, 1.82) is 0 Å². The molecule has 2 aliphatic heterocycles. The van der Waals surface area contributed by atoms with Crippen LogP contribution < -0.4 is 0 Å². The van der Waals surface area contributed by atoms with Gasteiger partial charge in [-0.15, -0.1) is 0 Å². The van der Waals surface area contributed by atoms with Crippen molar-refractivity contribution < 1.29 is 9.53 Å². The summed E-state index contributed by atoms with van der Waals surface area (Å²) in [6, 6.07) is 0. The zero-order valence-corrected chi connectivity index (χ0v) is 7.75. The molecule has 2 aliphatic rings. The number of ether oxygens (including phenoxy) is 1. The van der Waals surface area contributed by atoms with Gasteiger partial charge in [0.05, 0.1) is 12.2 Å². The molecule has 0 saturated carbocycles. The molecule has 2 bridgehead atoms. The SMILES string of the molecule is CC(=O)C(C)C1CC2CCC1O2. The summed E-state index contributed by atoms with van der Waals surface area (Å²) in [6.07, 6.45) is 4.38. The van der Waals surface area contributed by atoms with Crippen molar-refractivity contribution in [1.82, 2.24) is 0 Å². The summed E-state index contributed by atoms with van der Waals surface area (Å²) >= 11 is 0. The Morgan fingerprint density at radius 3 is 2.67 bits per heavy atom. The Balaban J connectivity index is 2.02. The topological polar surface area (TPSA) is 26.3 Å². The van der Waals surface area contributed by atoms with Crippen LogP contribution in [0.1, 0.15) is 33.1 Å². The number of Topliss-reactive ketones (excluding diaryl/α,β-unsaturated/α-hetero) is 1. The molecule has 68 valence electrons. The van der Waals surface area contributed by atoms with E-state index in [9.17, 15) is 4.79 Å². The maximum atomic E-state index is 11.2. The lowest BCUT2D eigenvalue weighted by molar-refractivity contribution is -0.122. The molecule has 2 nitrogen and oxygen atoms in total. The highest BCUT2D eigenvalue weighted by atomic mass is 16.5. The van der Waals surface area contributed by atoms with Crippen molar-refractivity contribution >= 4 is 5.78 Å². The van der Waals surface area contributed by atoms with Crippen LogP contribution in [-0.2, 0) is 9.53 Å². The molecule has 0 radical (unpaired) electrons. The molecule has 0 spiro atoms. The van der Waals surface area contributed by atoms with Gasteiger partial charge >= 0.3 is 0 Å². The molecule has 0 aromatic heterocycles. The van der Waals surface area contributed by atoms with Crippen LogP contribution >= 0.6 is 0 Å². The van der Waals surface area contributed by atoms with Crippen molar-refractivity contribution in [2.75, 3.05) is 0 Å². The lowest BCUT2D eigenvalue weighted by atomic mass is 9.79. The van der Waals surface area contributed by atoms with Crippen molar-refractivity contribution in [2.45, 2.75) is 45.3 Å². The predicted octanol–water partition coefficient (Wildman–Crippen LogP) is 1.78. The number of rotatable bonds is 2. The molecule has 0 aromatic carbocycles. The lowest BCUT2D eigenvalue weighted by Crippen LogP contribution is -2.27. The zero-order chi connectivity index (χ0) is 8.72. The first kappa shape index (κ1) is 8.24. The minimum atomic E-state index is 0.209. The minimum Gasteiger partial charge on any atom is -0.375 e. The molecule has 2 heteroatoms. The van der Waals surface area contributed by atoms with Crippen molar-refractivity contribution in [3.63, 3.8) is 0 Å². The van der Waals surface area contributed by atoms with Crippen molar-refractivity contribution in [3.8, 4) is 0 Å².